The number of hydrogen-bond donors (Lipinski definition) is 3. The lowest BCUT2D eigenvalue weighted by Gasteiger charge is -2.48. The van der Waals surface area contributed by atoms with Crippen molar-refractivity contribution < 1.29 is 19.4 Å². The summed E-state index contributed by atoms with van der Waals surface area (Å²) < 4.78 is 17.7. The van der Waals surface area contributed by atoms with E-state index in [2.05, 4.69) is 51.0 Å². The van der Waals surface area contributed by atoms with Gasteiger partial charge in [-0.15, -0.1) is 0 Å². The molecule has 2 aromatic heterocycles. The van der Waals surface area contributed by atoms with Crippen LogP contribution in [0.1, 0.15) is 41.7 Å². The zero-order valence-corrected chi connectivity index (χ0v) is 20.2. The monoisotopic (exact) mass is 482 g/mol. The molecule has 0 radical (unpaired) electrons. The third-order valence-electron chi connectivity index (χ3n) is 8.65. The molecule has 0 aliphatic carbocycles. The van der Waals surface area contributed by atoms with Crippen LogP contribution < -0.4 is 10.6 Å². The van der Waals surface area contributed by atoms with E-state index in [0.717, 1.165) is 43.6 Å². The Hall–Kier alpha value is -3.43. The molecular formula is C28H26N4O4. The van der Waals surface area contributed by atoms with Crippen LogP contribution in [-0.4, -0.2) is 46.5 Å². The highest BCUT2D eigenvalue weighted by atomic mass is 16.6. The van der Waals surface area contributed by atoms with Gasteiger partial charge in [0.2, 0.25) is 0 Å². The number of carbonyl (C=O) groups is 1. The summed E-state index contributed by atoms with van der Waals surface area (Å²) in [6.45, 7) is 2.09. The number of rotatable bonds is 2. The molecule has 0 unspecified atom stereocenters. The molecule has 5 heterocycles. The molecule has 5 aromatic rings. The smallest absolute Gasteiger partial charge is 0.254 e. The third kappa shape index (κ3) is 2.15. The summed E-state index contributed by atoms with van der Waals surface area (Å²) in [5.41, 5.74) is 4.25. The summed E-state index contributed by atoms with van der Waals surface area (Å²) in [5, 5.41) is 21.1. The van der Waals surface area contributed by atoms with Crippen LogP contribution in [0.15, 0.2) is 48.5 Å². The molecule has 5 atom stereocenters. The predicted molar refractivity (Wildman–Crippen MR) is 137 cm³/mol. The second kappa shape index (κ2) is 6.66. The minimum atomic E-state index is -1.09. The van der Waals surface area contributed by atoms with Gasteiger partial charge in [-0.2, -0.15) is 0 Å². The number of methoxy groups -OCH3 is 1. The molecular weight excluding hydrogens is 456 g/mol. The normalized spacial score (nSPS) is 28.9. The van der Waals surface area contributed by atoms with Crippen molar-refractivity contribution in [1.29, 1.82) is 0 Å². The molecule has 3 aliphatic rings. The summed E-state index contributed by atoms with van der Waals surface area (Å²) in [5.74, 6) is -0.249. The van der Waals surface area contributed by atoms with Crippen LogP contribution in [0, 0.1) is 0 Å². The van der Waals surface area contributed by atoms with Crippen molar-refractivity contribution in [3.63, 3.8) is 0 Å². The zero-order valence-electron chi connectivity index (χ0n) is 20.2. The average molecular weight is 483 g/mol. The summed E-state index contributed by atoms with van der Waals surface area (Å²) in [7, 11) is 3.70. The van der Waals surface area contributed by atoms with Gasteiger partial charge in [0.25, 0.3) is 5.91 Å². The molecule has 1 saturated heterocycles. The summed E-state index contributed by atoms with van der Waals surface area (Å²) in [4.78, 5) is 13.4. The van der Waals surface area contributed by atoms with Gasteiger partial charge >= 0.3 is 0 Å². The van der Waals surface area contributed by atoms with E-state index in [9.17, 15) is 9.90 Å². The molecule has 0 spiro atoms. The van der Waals surface area contributed by atoms with Gasteiger partial charge in [0, 0.05) is 46.7 Å². The van der Waals surface area contributed by atoms with Crippen LogP contribution >= 0.6 is 0 Å². The first-order valence-corrected chi connectivity index (χ1v) is 12.4. The largest absolute Gasteiger partial charge is 0.375 e. The highest BCUT2D eigenvalue weighted by Crippen LogP contribution is 2.54. The van der Waals surface area contributed by atoms with Crippen molar-refractivity contribution in [3.05, 3.63) is 59.7 Å². The number of ether oxygens (including phenoxy) is 2. The van der Waals surface area contributed by atoms with Crippen molar-refractivity contribution in [2.45, 2.75) is 43.7 Å². The van der Waals surface area contributed by atoms with Crippen molar-refractivity contribution in [3.8, 4) is 0 Å². The second-order valence-corrected chi connectivity index (χ2v) is 10.3. The highest BCUT2D eigenvalue weighted by Gasteiger charge is 2.53. The van der Waals surface area contributed by atoms with E-state index in [4.69, 9.17) is 9.47 Å². The van der Waals surface area contributed by atoms with Gasteiger partial charge in [-0.25, -0.2) is 0 Å². The van der Waals surface area contributed by atoms with E-state index in [0.29, 0.717) is 17.5 Å². The van der Waals surface area contributed by atoms with E-state index < -0.39 is 12.0 Å². The van der Waals surface area contributed by atoms with Crippen molar-refractivity contribution in [1.82, 2.24) is 19.8 Å². The van der Waals surface area contributed by atoms with Gasteiger partial charge in [-0.3, -0.25) is 4.79 Å². The van der Waals surface area contributed by atoms with E-state index in [1.165, 1.54) is 0 Å². The SMILES string of the molecule is CN[C@@H]1C[C@H]2O[C@](C)([C@@H]1OC)n1c3ccccc3c3c4c(c5c6ccccc6n2c5c31)C(=O)N[C@@H]4O. The molecule has 3 aromatic carbocycles. The lowest BCUT2D eigenvalue weighted by Crippen LogP contribution is -2.59. The van der Waals surface area contributed by atoms with Crippen molar-refractivity contribution in [2.75, 3.05) is 14.2 Å². The number of nitrogens with zero attached hydrogens (tertiary/aromatic N) is 2. The quantitative estimate of drug-likeness (QED) is 0.356. The first-order valence-electron chi connectivity index (χ1n) is 12.4. The molecule has 0 saturated carbocycles. The summed E-state index contributed by atoms with van der Waals surface area (Å²) >= 11 is 0. The second-order valence-electron chi connectivity index (χ2n) is 10.3. The Kier molecular flexibility index (Phi) is 3.83. The van der Waals surface area contributed by atoms with Crippen molar-refractivity contribution >= 4 is 49.5 Å². The maximum atomic E-state index is 13.4. The van der Waals surface area contributed by atoms with Crippen molar-refractivity contribution in [2.24, 2.45) is 0 Å². The Balaban J connectivity index is 1.73. The van der Waals surface area contributed by atoms with Gasteiger partial charge in [0.1, 0.15) is 12.3 Å². The van der Waals surface area contributed by atoms with Crippen LogP contribution in [0.5, 0.6) is 0 Å². The lowest BCUT2D eigenvalue weighted by atomic mass is 9.93. The molecule has 36 heavy (non-hydrogen) atoms. The summed E-state index contributed by atoms with van der Waals surface area (Å²) in [6.07, 6.45) is -0.941. The number of aliphatic hydroxyl groups excluding tert-OH is 1. The Labute approximate surface area is 206 Å². The molecule has 2 bridgehead atoms. The van der Waals surface area contributed by atoms with Gasteiger partial charge in [0.05, 0.1) is 27.6 Å². The molecule has 1 fully saturated rings. The molecule has 1 amide bonds. The number of aromatic nitrogens is 2. The third-order valence-corrected chi connectivity index (χ3v) is 8.65. The van der Waals surface area contributed by atoms with Gasteiger partial charge in [-0.1, -0.05) is 36.4 Å². The average Bonchev–Trinajstić information content (AvgIpc) is 3.48. The molecule has 8 rings (SSSR count). The first-order chi connectivity index (χ1) is 17.5. The maximum absolute atomic E-state index is 13.4. The highest BCUT2D eigenvalue weighted by molar-refractivity contribution is 6.31. The van der Waals surface area contributed by atoms with Crippen LogP contribution in [0.3, 0.4) is 0 Å². The Morgan fingerprint density at radius 3 is 2.50 bits per heavy atom. The number of likely N-dealkylation sites (N-methyl/N-ethyl adjacent to an activating group) is 1. The Bertz CT molecular complexity index is 1790. The number of fused-ring (bicyclic) bond motifs is 13. The fourth-order valence-corrected chi connectivity index (χ4v) is 7.38. The molecule has 182 valence electrons. The number of para-hydroxylation sites is 2. The molecule has 3 aliphatic heterocycles. The predicted octanol–water partition coefficient (Wildman–Crippen LogP) is 3.84. The van der Waals surface area contributed by atoms with E-state index in [-0.39, 0.29) is 24.3 Å². The standard InChI is InChI=1S/C28H26N4O4/c1-28-25(35-3)15(29-2)12-18(36-28)31-16-10-6-4-8-13(16)19-21-22(27(34)30-26(21)33)20-14-9-5-7-11-17(14)32(28)24(20)23(19)31/h4-11,15,18,25,27,29,34H,12H2,1-3H3,(H,30,33)/t15-,18-,25-,27-,28-/m1/s1. The number of hydrogen-bond acceptors (Lipinski definition) is 5. The van der Waals surface area contributed by atoms with Crippen LogP contribution in [-0.2, 0) is 15.2 Å². The number of nitrogens with one attached hydrogen (secondary N) is 2. The van der Waals surface area contributed by atoms with E-state index in [1.54, 1.807) is 7.11 Å². The van der Waals surface area contributed by atoms with Gasteiger partial charge in [0.15, 0.2) is 12.0 Å². The van der Waals surface area contributed by atoms with E-state index in [1.807, 2.05) is 31.3 Å². The van der Waals surface area contributed by atoms with E-state index >= 15 is 0 Å². The lowest BCUT2D eigenvalue weighted by molar-refractivity contribution is -0.256. The fraction of sp³-hybridized carbons (Fsp3) is 0.321. The zero-order chi connectivity index (χ0) is 24.5. The van der Waals surface area contributed by atoms with Crippen LogP contribution in [0.4, 0.5) is 0 Å². The minimum absolute atomic E-state index is 0.0289. The number of benzene rings is 3. The topological polar surface area (TPSA) is 89.7 Å². The molecule has 8 heteroatoms. The number of amides is 1. The number of aliphatic hydroxyl groups is 1. The summed E-state index contributed by atoms with van der Waals surface area (Å²) in [6, 6.07) is 16.4. The first kappa shape index (κ1) is 20.7. The van der Waals surface area contributed by atoms with Gasteiger partial charge in [-0.05, 0) is 26.1 Å². The fourth-order valence-electron chi connectivity index (χ4n) is 7.38. The maximum Gasteiger partial charge on any atom is 0.254 e. The molecule has 3 N–H and O–H groups in total. The Morgan fingerprint density at radius 2 is 1.78 bits per heavy atom. The van der Waals surface area contributed by atoms with Gasteiger partial charge < -0.3 is 34.3 Å². The number of carbonyl (C=O) groups excluding carboxylic acids is 1. The van der Waals surface area contributed by atoms with Crippen LogP contribution in [0.25, 0.3) is 43.6 Å². The minimum Gasteiger partial charge on any atom is -0.375 e. The molecule has 8 nitrogen and oxygen atoms in total. The Morgan fingerprint density at radius 1 is 1.08 bits per heavy atom. The van der Waals surface area contributed by atoms with Crippen LogP contribution in [0.2, 0.25) is 0 Å².